The van der Waals surface area contributed by atoms with Crippen LogP contribution in [-0.2, 0) is 0 Å². The topological polar surface area (TPSA) is 75.9 Å². The summed E-state index contributed by atoms with van der Waals surface area (Å²) < 4.78 is 5.54. The Morgan fingerprint density at radius 2 is 1.47 bits per heavy atom. The number of carbonyl (C=O) groups is 1. The summed E-state index contributed by atoms with van der Waals surface area (Å²) in [4.78, 5) is 18.1. The summed E-state index contributed by atoms with van der Waals surface area (Å²) in [5.41, 5.74) is 5.09. The van der Waals surface area contributed by atoms with Gasteiger partial charge in [-0.15, -0.1) is 0 Å². The third kappa shape index (κ3) is 5.28. The Morgan fingerprint density at radius 1 is 0.806 bits per heavy atom. The molecule has 0 bridgehead atoms. The molecule has 0 fully saturated rings. The van der Waals surface area contributed by atoms with Crippen LogP contribution >= 0.6 is 0 Å². The predicted octanol–water partition coefficient (Wildman–Crippen LogP) is 7.97. The van der Waals surface area contributed by atoms with Crippen LogP contribution in [0.25, 0.3) is 22.2 Å². The molecule has 0 aliphatic rings. The number of anilines is 1. The number of azo groups is 1. The molecule has 0 unspecified atom stereocenters. The van der Waals surface area contributed by atoms with Crippen molar-refractivity contribution in [1.82, 2.24) is 4.98 Å². The number of benzene rings is 4. The van der Waals surface area contributed by atoms with E-state index in [-0.39, 0.29) is 5.91 Å². The lowest BCUT2D eigenvalue weighted by Gasteiger charge is -2.11. The molecule has 5 aromatic rings. The zero-order valence-corrected chi connectivity index (χ0v) is 19.8. The second-order valence-corrected chi connectivity index (χ2v) is 8.07. The summed E-state index contributed by atoms with van der Waals surface area (Å²) in [7, 11) is 0. The lowest BCUT2D eigenvalue weighted by Crippen LogP contribution is -2.13. The first kappa shape index (κ1) is 22.9. The first-order valence-corrected chi connectivity index (χ1v) is 11.7. The van der Waals surface area contributed by atoms with Gasteiger partial charge in [0.1, 0.15) is 5.75 Å². The van der Waals surface area contributed by atoms with Crippen molar-refractivity contribution in [3.8, 4) is 17.0 Å². The zero-order valence-electron chi connectivity index (χ0n) is 19.8. The van der Waals surface area contributed by atoms with E-state index in [0.717, 1.165) is 33.6 Å². The first-order chi connectivity index (χ1) is 17.7. The number of hydrogen-bond donors (Lipinski definition) is 1. The van der Waals surface area contributed by atoms with Crippen LogP contribution in [0.5, 0.6) is 5.75 Å². The maximum absolute atomic E-state index is 13.3. The van der Waals surface area contributed by atoms with Crippen molar-refractivity contribution in [2.45, 2.75) is 6.92 Å². The summed E-state index contributed by atoms with van der Waals surface area (Å²) in [6.45, 7) is 2.56. The Kier molecular flexibility index (Phi) is 6.76. The molecule has 0 atom stereocenters. The van der Waals surface area contributed by atoms with Crippen molar-refractivity contribution in [3.63, 3.8) is 0 Å². The molecule has 0 saturated carbocycles. The van der Waals surface area contributed by atoms with E-state index < -0.39 is 0 Å². The van der Waals surface area contributed by atoms with E-state index in [1.807, 2.05) is 116 Å². The van der Waals surface area contributed by atoms with E-state index in [1.165, 1.54) is 0 Å². The SMILES string of the molecule is CCOc1ccc(-c2cc(C(=O)Nc3ccc(N=Nc4ccccc4)cc3)c3ccccc3n2)cc1. The highest BCUT2D eigenvalue weighted by molar-refractivity contribution is 6.13. The Bertz CT molecular complexity index is 1510. The highest BCUT2D eigenvalue weighted by Crippen LogP contribution is 2.27. The van der Waals surface area contributed by atoms with Gasteiger partial charge in [-0.3, -0.25) is 4.79 Å². The van der Waals surface area contributed by atoms with Gasteiger partial charge in [0.25, 0.3) is 5.91 Å². The Morgan fingerprint density at radius 3 is 2.19 bits per heavy atom. The average Bonchev–Trinajstić information content (AvgIpc) is 2.93. The molecule has 5 rings (SSSR count). The Labute approximate surface area is 209 Å². The van der Waals surface area contributed by atoms with Crippen molar-refractivity contribution >= 4 is 33.9 Å². The van der Waals surface area contributed by atoms with E-state index in [1.54, 1.807) is 0 Å². The second-order valence-electron chi connectivity index (χ2n) is 8.07. The number of nitrogens with one attached hydrogen (secondary N) is 1. The van der Waals surface area contributed by atoms with Crippen molar-refractivity contribution in [2.75, 3.05) is 11.9 Å². The molecule has 0 radical (unpaired) electrons. The molecular weight excluding hydrogens is 448 g/mol. The number of para-hydroxylation sites is 1. The van der Waals surface area contributed by atoms with E-state index in [4.69, 9.17) is 9.72 Å². The van der Waals surface area contributed by atoms with E-state index in [9.17, 15) is 4.79 Å². The number of fused-ring (bicyclic) bond motifs is 1. The minimum atomic E-state index is -0.209. The van der Waals surface area contributed by atoms with E-state index in [0.29, 0.717) is 23.5 Å². The molecule has 1 amide bonds. The van der Waals surface area contributed by atoms with Gasteiger partial charge >= 0.3 is 0 Å². The molecule has 6 nitrogen and oxygen atoms in total. The second kappa shape index (κ2) is 10.6. The van der Waals surface area contributed by atoms with Gasteiger partial charge in [0.2, 0.25) is 0 Å². The van der Waals surface area contributed by atoms with Crippen LogP contribution in [0.4, 0.5) is 17.1 Å². The summed E-state index contributed by atoms with van der Waals surface area (Å²) in [6.07, 6.45) is 0. The minimum Gasteiger partial charge on any atom is -0.494 e. The van der Waals surface area contributed by atoms with Gasteiger partial charge in [-0.2, -0.15) is 10.2 Å². The van der Waals surface area contributed by atoms with Crippen molar-refractivity contribution in [3.05, 3.63) is 115 Å². The highest BCUT2D eigenvalue weighted by atomic mass is 16.5. The van der Waals surface area contributed by atoms with Crippen molar-refractivity contribution < 1.29 is 9.53 Å². The number of carbonyl (C=O) groups excluding carboxylic acids is 1. The van der Waals surface area contributed by atoms with Crippen LogP contribution in [0.2, 0.25) is 0 Å². The first-order valence-electron chi connectivity index (χ1n) is 11.7. The lowest BCUT2D eigenvalue weighted by molar-refractivity contribution is 0.102. The van der Waals surface area contributed by atoms with Gasteiger partial charge in [-0.1, -0.05) is 36.4 Å². The van der Waals surface area contributed by atoms with Crippen LogP contribution in [0.1, 0.15) is 17.3 Å². The number of ether oxygens (including phenoxy) is 1. The molecule has 6 heteroatoms. The van der Waals surface area contributed by atoms with Crippen LogP contribution in [0.3, 0.4) is 0 Å². The lowest BCUT2D eigenvalue weighted by atomic mass is 10.0. The predicted molar refractivity (Wildman–Crippen MR) is 143 cm³/mol. The fourth-order valence-electron chi connectivity index (χ4n) is 3.82. The molecule has 4 aromatic carbocycles. The van der Waals surface area contributed by atoms with E-state index in [2.05, 4.69) is 15.5 Å². The number of pyridine rings is 1. The maximum Gasteiger partial charge on any atom is 0.256 e. The number of rotatable bonds is 7. The molecule has 0 saturated heterocycles. The molecule has 1 N–H and O–H groups in total. The molecule has 0 aliphatic carbocycles. The zero-order chi connectivity index (χ0) is 24.7. The molecule has 176 valence electrons. The third-order valence-corrected chi connectivity index (χ3v) is 5.58. The third-order valence-electron chi connectivity index (χ3n) is 5.58. The summed E-state index contributed by atoms with van der Waals surface area (Å²) in [5.74, 6) is 0.589. The van der Waals surface area contributed by atoms with Crippen LogP contribution < -0.4 is 10.1 Å². The number of amides is 1. The highest BCUT2D eigenvalue weighted by Gasteiger charge is 2.14. The fraction of sp³-hybridized carbons (Fsp3) is 0.0667. The summed E-state index contributed by atoms with van der Waals surface area (Å²) >= 11 is 0. The molecule has 1 heterocycles. The number of aromatic nitrogens is 1. The quantitative estimate of drug-likeness (QED) is 0.244. The standard InChI is InChI=1S/C30H24N4O2/c1-2-36-25-18-12-21(13-19-25)29-20-27(26-10-6-7-11-28(26)32-29)30(35)31-22-14-16-24(17-15-22)34-33-23-8-4-3-5-9-23/h3-20H,2H2,1H3,(H,31,35). The largest absolute Gasteiger partial charge is 0.494 e. The number of nitrogens with zero attached hydrogens (tertiary/aromatic N) is 3. The van der Waals surface area contributed by atoms with Gasteiger partial charge in [0, 0.05) is 16.6 Å². The van der Waals surface area contributed by atoms with Gasteiger partial charge < -0.3 is 10.1 Å². The molecule has 0 spiro atoms. The monoisotopic (exact) mass is 472 g/mol. The van der Waals surface area contributed by atoms with Gasteiger partial charge in [0.15, 0.2) is 0 Å². The van der Waals surface area contributed by atoms with Gasteiger partial charge in [-0.25, -0.2) is 4.98 Å². The Hall–Kier alpha value is -4.84. The maximum atomic E-state index is 13.3. The smallest absolute Gasteiger partial charge is 0.256 e. The van der Waals surface area contributed by atoms with Crippen molar-refractivity contribution in [1.29, 1.82) is 0 Å². The van der Waals surface area contributed by atoms with Crippen LogP contribution in [0.15, 0.2) is 119 Å². The van der Waals surface area contributed by atoms with Gasteiger partial charge in [0.05, 0.1) is 34.8 Å². The summed E-state index contributed by atoms with van der Waals surface area (Å²) in [5, 5.41) is 12.3. The average molecular weight is 473 g/mol. The molecule has 36 heavy (non-hydrogen) atoms. The minimum absolute atomic E-state index is 0.209. The fourth-order valence-corrected chi connectivity index (χ4v) is 3.82. The van der Waals surface area contributed by atoms with E-state index >= 15 is 0 Å². The van der Waals surface area contributed by atoms with Crippen LogP contribution in [0, 0.1) is 0 Å². The number of hydrogen-bond acceptors (Lipinski definition) is 5. The molecular formula is C30H24N4O2. The summed E-state index contributed by atoms with van der Waals surface area (Å²) in [6, 6.07) is 34.0. The molecule has 0 aliphatic heterocycles. The Balaban J connectivity index is 1.39. The molecule has 1 aromatic heterocycles. The normalized spacial score (nSPS) is 11.0. The van der Waals surface area contributed by atoms with Gasteiger partial charge in [-0.05, 0) is 79.7 Å². The van der Waals surface area contributed by atoms with Crippen molar-refractivity contribution in [2.24, 2.45) is 10.2 Å². The van der Waals surface area contributed by atoms with Crippen LogP contribution in [-0.4, -0.2) is 17.5 Å².